The highest BCUT2D eigenvalue weighted by atomic mass is 16.5. The van der Waals surface area contributed by atoms with Crippen LogP contribution in [0.15, 0.2) is 71.7 Å². The molecule has 1 aliphatic rings. The lowest BCUT2D eigenvalue weighted by Crippen LogP contribution is -2.33. The maximum Gasteiger partial charge on any atom is 0.254 e. The van der Waals surface area contributed by atoms with Gasteiger partial charge in [-0.2, -0.15) is 0 Å². The standard InChI is InChI=1S/C25H26N2O4/c28-13-12-26-10-8-20-6-7-21(14-22(20)16-26)24(29)17-27-11-9-23(15-25(27)30)31-18-19-4-2-1-3-5-19/h1-7,9,11,14-15,28H,8,10,12-13,16-18H2. The summed E-state index contributed by atoms with van der Waals surface area (Å²) in [6, 6.07) is 18.6. The van der Waals surface area contributed by atoms with E-state index in [-0.39, 0.29) is 24.5 Å². The van der Waals surface area contributed by atoms with Crippen molar-refractivity contribution < 1.29 is 14.6 Å². The van der Waals surface area contributed by atoms with Crippen LogP contribution in [0, 0.1) is 0 Å². The number of hydrogen-bond donors (Lipinski definition) is 1. The molecule has 0 fully saturated rings. The van der Waals surface area contributed by atoms with E-state index in [0.29, 0.717) is 24.5 Å². The summed E-state index contributed by atoms with van der Waals surface area (Å²) in [5.74, 6) is 0.373. The van der Waals surface area contributed by atoms with Gasteiger partial charge in [0.1, 0.15) is 12.4 Å². The van der Waals surface area contributed by atoms with Crippen LogP contribution in [0.25, 0.3) is 0 Å². The number of rotatable bonds is 8. The maximum absolute atomic E-state index is 12.8. The zero-order chi connectivity index (χ0) is 21.6. The number of nitrogens with zero attached hydrogens (tertiary/aromatic N) is 2. The molecule has 2 aromatic carbocycles. The molecule has 3 aromatic rings. The number of fused-ring (bicyclic) bond motifs is 1. The average Bonchev–Trinajstić information content (AvgIpc) is 2.79. The van der Waals surface area contributed by atoms with Crippen molar-refractivity contribution in [2.24, 2.45) is 0 Å². The second-order valence-corrected chi connectivity index (χ2v) is 7.76. The lowest BCUT2D eigenvalue weighted by molar-refractivity contribution is 0.0970. The third kappa shape index (κ3) is 5.29. The van der Waals surface area contributed by atoms with Gasteiger partial charge in [-0.15, -0.1) is 0 Å². The van der Waals surface area contributed by atoms with E-state index < -0.39 is 0 Å². The second kappa shape index (κ2) is 9.73. The van der Waals surface area contributed by atoms with Gasteiger partial charge in [0, 0.05) is 37.5 Å². The Labute approximate surface area is 181 Å². The summed E-state index contributed by atoms with van der Waals surface area (Å²) in [5.41, 5.74) is 3.70. The zero-order valence-corrected chi connectivity index (χ0v) is 17.4. The van der Waals surface area contributed by atoms with Crippen molar-refractivity contribution in [1.29, 1.82) is 0 Å². The number of Topliss-reactive ketones (excluding diaryl/α,β-unsaturated/α-hetero) is 1. The largest absolute Gasteiger partial charge is 0.489 e. The first-order chi connectivity index (χ1) is 15.1. The SMILES string of the molecule is O=C(Cn1ccc(OCc2ccccc2)cc1=O)c1ccc2c(c1)CN(CCO)CC2. The Morgan fingerprint density at radius 3 is 2.65 bits per heavy atom. The molecule has 160 valence electrons. The molecule has 0 radical (unpaired) electrons. The minimum atomic E-state index is -0.272. The van der Waals surface area contributed by atoms with Crippen molar-refractivity contribution in [3.05, 3.63) is 99.5 Å². The average molecular weight is 418 g/mol. The van der Waals surface area contributed by atoms with Gasteiger partial charge in [-0.25, -0.2) is 0 Å². The van der Waals surface area contributed by atoms with E-state index >= 15 is 0 Å². The van der Waals surface area contributed by atoms with Crippen LogP contribution in [-0.2, 0) is 26.1 Å². The molecule has 0 amide bonds. The van der Waals surface area contributed by atoms with E-state index in [4.69, 9.17) is 4.74 Å². The van der Waals surface area contributed by atoms with E-state index in [2.05, 4.69) is 4.90 Å². The van der Waals surface area contributed by atoms with Gasteiger partial charge < -0.3 is 14.4 Å². The molecular formula is C25H26N2O4. The van der Waals surface area contributed by atoms with Crippen LogP contribution in [0.1, 0.15) is 27.0 Å². The number of ether oxygens (including phenoxy) is 1. The molecule has 1 N–H and O–H groups in total. The Bertz CT molecular complexity index is 1110. The van der Waals surface area contributed by atoms with Crippen LogP contribution in [-0.4, -0.2) is 40.1 Å². The van der Waals surface area contributed by atoms with Gasteiger partial charge >= 0.3 is 0 Å². The number of β-amino-alcohol motifs (C(OH)–C–C–N with tert-alkyl or cyclic N) is 1. The minimum absolute atomic E-state index is 0.0169. The highest BCUT2D eigenvalue weighted by Gasteiger charge is 2.18. The summed E-state index contributed by atoms with van der Waals surface area (Å²) in [5, 5.41) is 9.17. The quantitative estimate of drug-likeness (QED) is 0.570. The summed E-state index contributed by atoms with van der Waals surface area (Å²) >= 11 is 0. The highest BCUT2D eigenvalue weighted by Crippen LogP contribution is 2.21. The van der Waals surface area contributed by atoms with Gasteiger partial charge in [-0.05, 0) is 35.2 Å². The third-order valence-corrected chi connectivity index (χ3v) is 5.57. The van der Waals surface area contributed by atoms with Crippen molar-refractivity contribution in [2.75, 3.05) is 19.7 Å². The Morgan fingerprint density at radius 1 is 1.03 bits per heavy atom. The second-order valence-electron chi connectivity index (χ2n) is 7.76. The molecular weight excluding hydrogens is 392 g/mol. The predicted octanol–water partition coefficient (Wildman–Crippen LogP) is 2.66. The molecule has 0 bridgehead atoms. The zero-order valence-electron chi connectivity index (χ0n) is 17.4. The molecule has 0 atom stereocenters. The van der Waals surface area contributed by atoms with Gasteiger partial charge in [0.05, 0.1) is 13.2 Å². The number of aliphatic hydroxyl groups excluding tert-OH is 1. The lowest BCUT2D eigenvalue weighted by atomic mass is 9.96. The number of carbonyl (C=O) groups is 1. The number of aliphatic hydroxyl groups is 1. The topological polar surface area (TPSA) is 71.8 Å². The minimum Gasteiger partial charge on any atom is -0.489 e. The fourth-order valence-electron chi connectivity index (χ4n) is 3.82. The van der Waals surface area contributed by atoms with Gasteiger partial charge in [0.2, 0.25) is 0 Å². The van der Waals surface area contributed by atoms with Crippen molar-refractivity contribution in [3.63, 3.8) is 0 Å². The molecule has 4 rings (SSSR count). The number of hydrogen-bond acceptors (Lipinski definition) is 5. The van der Waals surface area contributed by atoms with Crippen LogP contribution in [0.2, 0.25) is 0 Å². The highest BCUT2D eigenvalue weighted by molar-refractivity contribution is 5.96. The fraction of sp³-hybridized carbons (Fsp3) is 0.280. The number of benzene rings is 2. The summed E-state index contributed by atoms with van der Waals surface area (Å²) in [6.07, 6.45) is 2.51. The van der Waals surface area contributed by atoms with Crippen molar-refractivity contribution >= 4 is 5.78 Å². The third-order valence-electron chi connectivity index (χ3n) is 5.57. The summed E-state index contributed by atoms with van der Waals surface area (Å²) in [4.78, 5) is 27.5. The molecule has 6 nitrogen and oxygen atoms in total. The fourth-order valence-corrected chi connectivity index (χ4v) is 3.82. The molecule has 1 aliphatic heterocycles. The van der Waals surface area contributed by atoms with Crippen LogP contribution >= 0.6 is 0 Å². The first kappa shape index (κ1) is 21.0. The molecule has 0 aliphatic carbocycles. The maximum atomic E-state index is 12.8. The van der Waals surface area contributed by atoms with Gasteiger partial charge in [0.15, 0.2) is 5.78 Å². The van der Waals surface area contributed by atoms with Crippen LogP contribution < -0.4 is 10.3 Å². The molecule has 0 spiro atoms. The van der Waals surface area contributed by atoms with Gasteiger partial charge in [0.25, 0.3) is 5.56 Å². The van der Waals surface area contributed by atoms with Crippen molar-refractivity contribution in [2.45, 2.75) is 26.1 Å². The number of aromatic nitrogens is 1. The smallest absolute Gasteiger partial charge is 0.254 e. The van der Waals surface area contributed by atoms with Crippen LogP contribution in [0.4, 0.5) is 0 Å². The molecule has 0 saturated heterocycles. The molecule has 2 heterocycles. The summed E-state index contributed by atoms with van der Waals surface area (Å²) in [7, 11) is 0. The molecule has 0 saturated carbocycles. The van der Waals surface area contributed by atoms with E-state index in [1.165, 1.54) is 16.2 Å². The normalized spacial score (nSPS) is 13.6. The summed E-state index contributed by atoms with van der Waals surface area (Å²) < 4.78 is 7.09. The Morgan fingerprint density at radius 2 is 1.87 bits per heavy atom. The van der Waals surface area contributed by atoms with E-state index in [1.807, 2.05) is 48.5 Å². The molecule has 6 heteroatoms. The summed E-state index contributed by atoms with van der Waals surface area (Å²) in [6.45, 7) is 2.76. The molecule has 31 heavy (non-hydrogen) atoms. The molecule has 0 unspecified atom stereocenters. The van der Waals surface area contributed by atoms with Crippen LogP contribution in [0.3, 0.4) is 0 Å². The first-order valence-corrected chi connectivity index (χ1v) is 10.5. The van der Waals surface area contributed by atoms with E-state index in [0.717, 1.165) is 30.6 Å². The Kier molecular flexibility index (Phi) is 6.60. The number of ketones is 1. The Hall–Kier alpha value is -3.22. The Balaban J connectivity index is 1.41. The van der Waals surface area contributed by atoms with Crippen molar-refractivity contribution in [1.82, 2.24) is 9.47 Å². The number of pyridine rings is 1. The first-order valence-electron chi connectivity index (χ1n) is 10.5. The molecule has 1 aromatic heterocycles. The number of carbonyl (C=O) groups excluding carboxylic acids is 1. The predicted molar refractivity (Wildman–Crippen MR) is 118 cm³/mol. The van der Waals surface area contributed by atoms with Gasteiger partial charge in [-0.3, -0.25) is 14.5 Å². The van der Waals surface area contributed by atoms with Crippen LogP contribution in [0.5, 0.6) is 5.75 Å². The van der Waals surface area contributed by atoms with Crippen molar-refractivity contribution in [3.8, 4) is 5.75 Å². The van der Waals surface area contributed by atoms with E-state index in [1.54, 1.807) is 12.3 Å². The van der Waals surface area contributed by atoms with Gasteiger partial charge in [-0.1, -0.05) is 42.5 Å². The lowest BCUT2D eigenvalue weighted by Gasteiger charge is -2.28. The van der Waals surface area contributed by atoms with E-state index in [9.17, 15) is 14.7 Å². The monoisotopic (exact) mass is 418 g/mol.